The van der Waals surface area contributed by atoms with E-state index in [1.807, 2.05) is 29.2 Å². The third-order valence-corrected chi connectivity index (χ3v) is 14.6. The molecule has 6 aliphatic heterocycles. The number of imide groups is 1. The minimum absolute atomic E-state index is 0.104. The van der Waals surface area contributed by atoms with Crippen LogP contribution in [0.4, 0.5) is 14.6 Å². The topological polar surface area (TPSA) is 193 Å². The number of morpholine rings is 1. The van der Waals surface area contributed by atoms with E-state index in [0.717, 1.165) is 56.3 Å². The quantitative estimate of drug-likeness (QED) is 0.218. The molecule has 4 atom stereocenters. The van der Waals surface area contributed by atoms with Gasteiger partial charge in [-0.25, -0.2) is 33.1 Å². The van der Waals surface area contributed by atoms with Crippen LogP contribution in [0.2, 0.25) is 0 Å². The first-order chi connectivity index (χ1) is 31.9. The monoisotopic (exact) mass is 902 g/mol. The molecule has 2 aromatic carbocycles. The molecule has 9 heterocycles. The summed E-state index contributed by atoms with van der Waals surface area (Å²) in [4.78, 5) is 84.9. The van der Waals surface area contributed by atoms with Crippen molar-refractivity contribution < 1.29 is 32.7 Å². The van der Waals surface area contributed by atoms with Crippen LogP contribution in [0.5, 0.6) is 0 Å². The highest BCUT2D eigenvalue weighted by molar-refractivity contribution is 6.46. The Hall–Kier alpha value is -6.67. The van der Waals surface area contributed by atoms with Gasteiger partial charge in [-0.3, -0.25) is 38.5 Å². The summed E-state index contributed by atoms with van der Waals surface area (Å²) in [5.74, 6) is -1.22. The van der Waals surface area contributed by atoms with E-state index in [9.17, 15) is 32.8 Å². The highest BCUT2D eigenvalue weighted by Gasteiger charge is 2.41. The van der Waals surface area contributed by atoms with Crippen LogP contribution in [0.3, 0.4) is 0 Å². The first kappa shape index (κ1) is 42.0. The number of para-hydroxylation sites is 1. The van der Waals surface area contributed by atoms with Crippen molar-refractivity contribution in [3.63, 3.8) is 0 Å². The standard InChI is InChI=1S/C46H48F2N12O6/c1-55-37-28(3-2-4-32(37)60(45(55)65)33-9-10-35(61)51-43(33)63)23-56-17-12-46(13-18-56)14-19-57(20-15-46)44(64)27-7-5-26(6-8-27)39-52-36(38(47)48)40(53-39)54-42(62)31-22-49-59-16-11-34(50-41(31)59)58-24-30-21-29(58)25-66-30/h2-8,11,16,22,29-30,33,38-39H,9-10,12-15,17-21,23-25H2,1H3,(H,51,61,63)(H,53,54,62)/t29-,30-,33?,39-/m1/s1. The van der Waals surface area contributed by atoms with E-state index < -0.39 is 36.2 Å². The Morgan fingerprint density at radius 2 is 1.76 bits per heavy atom. The van der Waals surface area contributed by atoms with E-state index in [0.29, 0.717) is 55.2 Å². The number of piperidine rings is 3. The lowest BCUT2D eigenvalue weighted by atomic mass is 9.71. The van der Waals surface area contributed by atoms with Crippen molar-refractivity contribution in [1.29, 1.82) is 0 Å². The summed E-state index contributed by atoms with van der Waals surface area (Å²) in [6.07, 6.45) is 4.27. The zero-order chi connectivity index (χ0) is 45.4. The smallest absolute Gasteiger partial charge is 0.329 e. The van der Waals surface area contributed by atoms with Gasteiger partial charge < -0.3 is 19.9 Å². The Morgan fingerprint density at radius 3 is 2.47 bits per heavy atom. The summed E-state index contributed by atoms with van der Waals surface area (Å²) in [5.41, 5.74) is 3.03. The molecule has 5 saturated heterocycles. The maximum atomic E-state index is 14.3. The molecule has 11 rings (SSSR count). The molecule has 2 bridgehead atoms. The van der Waals surface area contributed by atoms with Crippen molar-refractivity contribution in [2.75, 3.05) is 44.2 Å². The maximum absolute atomic E-state index is 14.3. The van der Waals surface area contributed by atoms with Crippen molar-refractivity contribution in [2.24, 2.45) is 22.4 Å². The van der Waals surface area contributed by atoms with Gasteiger partial charge in [0.2, 0.25) is 11.8 Å². The Kier molecular flexibility index (Phi) is 10.4. The largest absolute Gasteiger partial charge is 0.374 e. The second-order valence-electron chi connectivity index (χ2n) is 18.4. The average Bonchev–Trinajstić information content (AvgIpc) is 4.18. The van der Waals surface area contributed by atoms with Crippen molar-refractivity contribution in [1.82, 2.24) is 44.2 Å². The maximum Gasteiger partial charge on any atom is 0.329 e. The average molecular weight is 903 g/mol. The summed E-state index contributed by atoms with van der Waals surface area (Å²) < 4.78 is 38.9. The molecule has 0 saturated carbocycles. The van der Waals surface area contributed by atoms with Crippen LogP contribution in [0.1, 0.15) is 89.0 Å². The summed E-state index contributed by atoms with van der Waals surface area (Å²) in [5, 5.41) is 9.15. The molecule has 66 heavy (non-hydrogen) atoms. The number of aryl methyl sites for hydroxylation is 1. The number of nitrogens with zero attached hydrogens (tertiary/aromatic N) is 10. The van der Waals surface area contributed by atoms with Gasteiger partial charge in [-0.1, -0.05) is 24.3 Å². The number of benzene rings is 2. The predicted molar refractivity (Wildman–Crippen MR) is 237 cm³/mol. The zero-order valence-corrected chi connectivity index (χ0v) is 36.2. The number of carbonyl (C=O) groups excluding carboxylic acids is 4. The lowest BCUT2D eigenvalue weighted by Crippen LogP contribution is -2.48. The number of carbonyl (C=O) groups is 4. The minimum Gasteiger partial charge on any atom is -0.374 e. The molecular weight excluding hydrogens is 855 g/mol. The van der Waals surface area contributed by atoms with Gasteiger partial charge in [-0.2, -0.15) is 5.10 Å². The predicted octanol–water partition coefficient (Wildman–Crippen LogP) is 3.40. The molecule has 4 amide bonds. The highest BCUT2D eigenvalue weighted by Crippen LogP contribution is 2.42. The van der Waals surface area contributed by atoms with Crippen molar-refractivity contribution in [3.05, 3.63) is 93.7 Å². The summed E-state index contributed by atoms with van der Waals surface area (Å²) in [6.45, 7) is 4.93. The number of likely N-dealkylation sites (tertiary alicyclic amines) is 2. The van der Waals surface area contributed by atoms with Crippen LogP contribution in [-0.4, -0.2) is 127 Å². The molecule has 6 aliphatic rings. The Balaban J connectivity index is 0.703. The highest BCUT2D eigenvalue weighted by atomic mass is 19.3. The van der Waals surface area contributed by atoms with Gasteiger partial charge in [-0.05, 0) is 92.4 Å². The molecule has 1 spiro atoms. The zero-order valence-electron chi connectivity index (χ0n) is 36.2. The third-order valence-electron chi connectivity index (χ3n) is 14.6. The number of anilines is 1. The molecule has 0 radical (unpaired) electrons. The molecule has 3 aromatic heterocycles. The first-order valence-electron chi connectivity index (χ1n) is 22.5. The fourth-order valence-corrected chi connectivity index (χ4v) is 10.8. The van der Waals surface area contributed by atoms with Gasteiger partial charge in [0.05, 0.1) is 36.0 Å². The number of aromatic nitrogens is 5. The number of halogens is 2. The van der Waals surface area contributed by atoms with E-state index in [2.05, 4.69) is 35.5 Å². The SMILES string of the molecule is Cn1c(=O)n(C2CCC(=O)NC2=O)c2cccc(CN3CCC4(CC3)CCN(C(=O)c3ccc([C@H]5N=C(NC(=O)c6cnn7ccc(N8C[C@H]9C[C@@H]8CO9)nc67)C(C(F)F)=N5)cc3)CC4)c21. The van der Waals surface area contributed by atoms with E-state index in [1.165, 1.54) is 15.3 Å². The van der Waals surface area contributed by atoms with Crippen molar-refractivity contribution in [2.45, 2.75) is 82.3 Å². The van der Waals surface area contributed by atoms with Gasteiger partial charge in [0.1, 0.15) is 23.1 Å². The number of alkyl halides is 2. The lowest BCUT2D eigenvalue weighted by molar-refractivity contribution is -0.135. The van der Waals surface area contributed by atoms with Gasteiger partial charge in [0.15, 0.2) is 17.6 Å². The normalized spacial score (nSPS) is 24.2. The number of aliphatic imine (C=N–C) groups is 2. The second-order valence-corrected chi connectivity index (χ2v) is 18.4. The van der Waals surface area contributed by atoms with Crippen LogP contribution in [0.15, 0.2) is 75.7 Å². The number of hydrogen-bond acceptors (Lipinski definition) is 12. The number of amidine groups is 1. The first-order valence-corrected chi connectivity index (χ1v) is 22.5. The van der Waals surface area contributed by atoms with Crippen LogP contribution < -0.4 is 21.2 Å². The van der Waals surface area contributed by atoms with Crippen molar-refractivity contribution in [3.8, 4) is 0 Å². The molecule has 20 heteroatoms. The number of imidazole rings is 1. The lowest BCUT2D eigenvalue weighted by Gasteiger charge is -2.47. The van der Waals surface area contributed by atoms with Gasteiger partial charge in [-0.15, -0.1) is 0 Å². The van der Waals surface area contributed by atoms with Gasteiger partial charge in [0, 0.05) is 51.4 Å². The van der Waals surface area contributed by atoms with E-state index in [1.54, 1.807) is 42.1 Å². The summed E-state index contributed by atoms with van der Waals surface area (Å²) in [7, 11) is 1.72. The number of fused-ring (bicyclic) bond motifs is 4. The summed E-state index contributed by atoms with van der Waals surface area (Å²) >= 11 is 0. The second kappa shape index (κ2) is 16.3. The number of ether oxygens (including phenoxy) is 1. The van der Waals surface area contributed by atoms with E-state index in [4.69, 9.17) is 9.72 Å². The Bertz CT molecular complexity index is 2920. The minimum atomic E-state index is -3.00. The Morgan fingerprint density at radius 1 is 0.985 bits per heavy atom. The molecular formula is C46H48F2N12O6. The van der Waals surface area contributed by atoms with Crippen LogP contribution in [-0.2, 0) is 27.9 Å². The fourth-order valence-electron chi connectivity index (χ4n) is 10.8. The van der Waals surface area contributed by atoms with E-state index >= 15 is 0 Å². The Labute approximate surface area is 376 Å². The van der Waals surface area contributed by atoms with Crippen LogP contribution in [0.25, 0.3) is 16.7 Å². The van der Waals surface area contributed by atoms with Crippen LogP contribution >= 0.6 is 0 Å². The molecule has 1 unspecified atom stereocenters. The molecule has 5 fully saturated rings. The number of amides is 4. The molecule has 5 aromatic rings. The molecule has 0 aliphatic carbocycles. The van der Waals surface area contributed by atoms with Crippen LogP contribution in [0, 0.1) is 5.41 Å². The summed E-state index contributed by atoms with van der Waals surface area (Å²) in [6, 6.07) is 13.7. The van der Waals surface area contributed by atoms with E-state index in [-0.39, 0.29) is 65.0 Å². The number of nitrogens with one attached hydrogen (secondary N) is 2. The number of hydrogen-bond donors (Lipinski definition) is 2. The fraction of sp³-hybridized carbons (Fsp3) is 0.457. The number of rotatable bonds is 8. The third kappa shape index (κ3) is 7.35. The van der Waals surface area contributed by atoms with Crippen molar-refractivity contribution >= 4 is 57.7 Å². The van der Waals surface area contributed by atoms with Gasteiger partial charge >= 0.3 is 5.69 Å². The molecule has 18 nitrogen and oxygen atoms in total. The van der Waals surface area contributed by atoms with Gasteiger partial charge in [0.25, 0.3) is 18.2 Å². The molecule has 2 N–H and O–H groups in total. The molecule has 342 valence electrons.